The Hall–Kier alpha value is -2.89. The van der Waals surface area contributed by atoms with E-state index < -0.39 is 5.91 Å². The number of benzene rings is 2. The van der Waals surface area contributed by atoms with Gasteiger partial charge in [-0.05, 0) is 36.4 Å². The Kier molecular flexibility index (Phi) is 4.18. The molecule has 2 aromatic carbocycles. The molecule has 0 aliphatic carbocycles. The van der Waals surface area contributed by atoms with Crippen LogP contribution in [0.5, 0.6) is 17.2 Å². The molecule has 6 heteroatoms. The minimum atomic E-state index is -0.462. The number of ether oxygens (including phenoxy) is 2. The maximum Gasteiger partial charge on any atom is 0.259 e. The number of methoxy groups -OCH3 is 2. The predicted octanol–water partition coefficient (Wildman–Crippen LogP) is 2.24. The molecule has 110 valence electrons. The van der Waals surface area contributed by atoms with Gasteiger partial charge in [-0.25, -0.2) is 0 Å². The predicted molar refractivity (Wildman–Crippen MR) is 80.0 cm³/mol. The summed E-state index contributed by atoms with van der Waals surface area (Å²) in [7, 11) is 3.00. The fraction of sp³-hybridized carbons (Fsp3) is 0.133. The summed E-state index contributed by atoms with van der Waals surface area (Å²) in [4.78, 5) is 12.2. The largest absolute Gasteiger partial charge is 0.507 e. The van der Waals surface area contributed by atoms with E-state index in [9.17, 15) is 9.90 Å². The third-order valence-electron chi connectivity index (χ3n) is 2.94. The van der Waals surface area contributed by atoms with Crippen LogP contribution in [-0.2, 0) is 0 Å². The minimum Gasteiger partial charge on any atom is -0.507 e. The van der Waals surface area contributed by atoms with E-state index in [1.54, 1.807) is 24.3 Å². The number of nitrogens with two attached hydrogens (primary N) is 1. The zero-order chi connectivity index (χ0) is 15.4. The molecule has 0 fully saturated rings. The third-order valence-corrected chi connectivity index (χ3v) is 2.94. The molecule has 6 nitrogen and oxygen atoms in total. The van der Waals surface area contributed by atoms with Crippen LogP contribution in [0, 0.1) is 0 Å². The fourth-order valence-electron chi connectivity index (χ4n) is 1.83. The van der Waals surface area contributed by atoms with Crippen molar-refractivity contribution >= 4 is 17.3 Å². The second-order valence-electron chi connectivity index (χ2n) is 4.29. The van der Waals surface area contributed by atoms with Crippen molar-refractivity contribution in [2.45, 2.75) is 0 Å². The second kappa shape index (κ2) is 6.04. The molecule has 0 aliphatic rings. The van der Waals surface area contributed by atoms with Crippen LogP contribution in [0.2, 0.25) is 0 Å². The molecule has 2 aromatic rings. The van der Waals surface area contributed by atoms with Gasteiger partial charge in [0.15, 0.2) is 0 Å². The first-order valence-corrected chi connectivity index (χ1v) is 6.17. The van der Waals surface area contributed by atoms with Gasteiger partial charge in [0.2, 0.25) is 0 Å². The molecule has 0 atom stereocenters. The van der Waals surface area contributed by atoms with E-state index in [0.29, 0.717) is 22.9 Å². The number of phenols is 1. The number of hydrogen-bond donors (Lipinski definition) is 3. The highest BCUT2D eigenvalue weighted by Crippen LogP contribution is 2.27. The number of hydrogen-bond acceptors (Lipinski definition) is 5. The van der Waals surface area contributed by atoms with Crippen molar-refractivity contribution in [3.8, 4) is 17.2 Å². The molecule has 1 amide bonds. The molecule has 0 saturated carbocycles. The number of carbonyl (C=O) groups is 1. The topological polar surface area (TPSA) is 93.8 Å². The molecule has 0 unspecified atom stereocenters. The van der Waals surface area contributed by atoms with Crippen molar-refractivity contribution in [1.82, 2.24) is 0 Å². The summed E-state index contributed by atoms with van der Waals surface area (Å²) in [6.45, 7) is 0. The van der Waals surface area contributed by atoms with Gasteiger partial charge in [0, 0.05) is 5.69 Å². The average Bonchev–Trinajstić information content (AvgIpc) is 2.48. The van der Waals surface area contributed by atoms with Crippen LogP contribution in [0.15, 0.2) is 36.4 Å². The van der Waals surface area contributed by atoms with E-state index in [0.717, 1.165) is 0 Å². The Labute approximate surface area is 122 Å². The van der Waals surface area contributed by atoms with Gasteiger partial charge in [-0.3, -0.25) is 4.79 Å². The van der Waals surface area contributed by atoms with E-state index in [-0.39, 0.29) is 11.3 Å². The summed E-state index contributed by atoms with van der Waals surface area (Å²) in [6.07, 6.45) is 0. The normalized spacial score (nSPS) is 10.0. The van der Waals surface area contributed by atoms with Gasteiger partial charge in [0.05, 0.1) is 25.5 Å². The summed E-state index contributed by atoms with van der Waals surface area (Å²) in [5.74, 6) is 0.412. The molecule has 0 radical (unpaired) electrons. The Bertz CT molecular complexity index is 671. The highest BCUT2D eigenvalue weighted by Gasteiger charge is 2.13. The quantitative estimate of drug-likeness (QED) is 0.750. The van der Waals surface area contributed by atoms with E-state index in [4.69, 9.17) is 15.2 Å². The van der Waals surface area contributed by atoms with Gasteiger partial charge in [-0.1, -0.05) is 0 Å². The van der Waals surface area contributed by atoms with Crippen LogP contribution in [0.1, 0.15) is 10.4 Å². The van der Waals surface area contributed by atoms with Gasteiger partial charge in [-0.15, -0.1) is 0 Å². The van der Waals surface area contributed by atoms with Crippen molar-refractivity contribution in [3.63, 3.8) is 0 Å². The van der Waals surface area contributed by atoms with E-state index >= 15 is 0 Å². The lowest BCUT2D eigenvalue weighted by Gasteiger charge is -2.10. The van der Waals surface area contributed by atoms with E-state index in [2.05, 4.69) is 5.32 Å². The third kappa shape index (κ3) is 3.17. The van der Waals surface area contributed by atoms with Gasteiger partial charge >= 0.3 is 0 Å². The first-order chi connectivity index (χ1) is 10.0. The Morgan fingerprint density at radius 2 is 1.90 bits per heavy atom. The molecular weight excluding hydrogens is 272 g/mol. The standard InChI is InChI=1S/C15H16N2O4/c1-20-10-4-5-13(18)11(8-10)15(19)17-9-3-6-14(21-2)12(16)7-9/h3-8,18H,16H2,1-2H3,(H,17,19). The molecule has 0 aliphatic heterocycles. The van der Waals surface area contributed by atoms with Crippen molar-refractivity contribution < 1.29 is 19.4 Å². The van der Waals surface area contributed by atoms with Crippen LogP contribution >= 0.6 is 0 Å². The van der Waals surface area contributed by atoms with Crippen LogP contribution in [0.3, 0.4) is 0 Å². The summed E-state index contributed by atoms with van der Waals surface area (Å²) < 4.78 is 10.1. The molecule has 2 rings (SSSR count). The minimum absolute atomic E-state index is 0.115. The number of amides is 1. The van der Waals surface area contributed by atoms with Gasteiger partial charge in [0.25, 0.3) is 5.91 Å². The number of nitrogens with one attached hydrogen (secondary N) is 1. The average molecular weight is 288 g/mol. The molecular formula is C15H16N2O4. The lowest BCUT2D eigenvalue weighted by Crippen LogP contribution is -2.12. The first-order valence-electron chi connectivity index (χ1n) is 6.17. The van der Waals surface area contributed by atoms with Crippen molar-refractivity contribution in [2.24, 2.45) is 0 Å². The highest BCUT2D eigenvalue weighted by molar-refractivity contribution is 6.06. The van der Waals surface area contributed by atoms with Gasteiger partial charge in [-0.2, -0.15) is 0 Å². The highest BCUT2D eigenvalue weighted by atomic mass is 16.5. The lowest BCUT2D eigenvalue weighted by molar-refractivity contribution is 0.102. The summed E-state index contributed by atoms with van der Waals surface area (Å²) in [6, 6.07) is 9.31. The zero-order valence-electron chi connectivity index (χ0n) is 11.7. The van der Waals surface area contributed by atoms with Crippen molar-refractivity contribution in [3.05, 3.63) is 42.0 Å². The number of phenolic OH excluding ortho intramolecular Hbond substituents is 1. The number of anilines is 2. The maximum absolute atomic E-state index is 12.2. The number of nitrogen functional groups attached to an aromatic ring is 1. The molecule has 21 heavy (non-hydrogen) atoms. The van der Waals surface area contributed by atoms with Gasteiger partial charge < -0.3 is 25.6 Å². The molecule has 0 saturated heterocycles. The van der Waals surface area contributed by atoms with E-state index in [1.807, 2.05) is 0 Å². The Balaban J connectivity index is 2.23. The van der Waals surface area contributed by atoms with E-state index in [1.165, 1.54) is 26.4 Å². The number of rotatable bonds is 4. The van der Waals surface area contributed by atoms with Crippen LogP contribution < -0.4 is 20.5 Å². The SMILES string of the molecule is COc1ccc(O)c(C(=O)Nc2ccc(OC)c(N)c2)c1. The first kappa shape index (κ1) is 14.5. The second-order valence-corrected chi connectivity index (χ2v) is 4.29. The zero-order valence-corrected chi connectivity index (χ0v) is 11.7. The Morgan fingerprint density at radius 3 is 2.52 bits per heavy atom. The summed E-state index contributed by atoms with van der Waals surface area (Å²) in [5.41, 5.74) is 6.80. The summed E-state index contributed by atoms with van der Waals surface area (Å²) >= 11 is 0. The Morgan fingerprint density at radius 1 is 1.14 bits per heavy atom. The molecule has 0 spiro atoms. The van der Waals surface area contributed by atoms with Crippen LogP contribution in [0.25, 0.3) is 0 Å². The molecule has 4 N–H and O–H groups in total. The van der Waals surface area contributed by atoms with Crippen LogP contribution in [-0.4, -0.2) is 25.2 Å². The molecule has 0 heterocycles. The maximum atomic E-state index is 12.2. The number of aromatic hydroxyl groups is 1. The number of carbonyl (C=O) groups excluding carboxylic acids is 1. The fourth-order valence-corrected chi connectivity index (χ4v) is 1.83. The lowest BCUT2D eigenvalue weighted by atomic mass is 10.1. The molecule has 0 aromatic heterocycles. The van der Waals surface area contributed by atoms with Crippen LogP contribution in [0.4, 0.5) is 11.4 Å². The monoisotopic (exact) mass is 288 g/mol. The van der Waals surface area contributed by atoms with Gasteiger partial charge in [0.1, 0.15) is 17.2 Å². The smallest absolute Gasteiger partial charge is 0.259 e. The van der Waals surface area contributed by atoms with Crippen molar-refractivity contribution in [2.75, 3.05) is 25.3 Å². The molecule has 0 bridgehead atoms. The van der Waals surface area contributed by atoms with Crippen molar-refractivity contribution in [1.29, 1.82) is 0 Å². The summed E-state index contributed by atoms with van der Waals surface area (Å²) in [5, 5.41) is 12.4.